The number of piperazine rings is 1. The minimum Gasteiger partial charge on any atom is -0.332 e. The van der Waals surface area contributed by atoms with Crippen LogP contribution >= 0.6 is 11.6 Å². The van der Waals surface area contributed by atoms with E-state index in [0.29, 0.717) is 24.7 Å². The molecule has 0 spiro atoms. The molecule has 3 rings (SSSR count). The highest BCUT2D eigenvalue weighted by Crippen LogP contribution is 2.26. The van der Waals surface area contributed by atoms with Gasteiger partial charge in [0, 0.05) is 24.7 Å². The predicted octanol–water partition coefficient (Wildman–Crippen LogP) is 1.14. The molecule has 1 aromatic rings. The molecule has 2 saturated heterocycles. The Morgan fingerprint density at radius 1 is 1.36 bits per heavy atom. The number of benzene rings is 1. The molecule has 0 aromatic heterocycles. The minimum absolute atomic E-state index is 0.137. The Balaban J connectivity index is 1.80. The van der Waals surface area contributed by atoms with Crippen LogP contribution in [-0.4, -0.2) is 59.4 Å². The van der Waals surface area contributed by atoms with Crippen molar-refractivity contribution in [2.24, 2.45) is 0 Å². The van der Waals surface area contributed by atoms with Gasteiger partial charge in [0.25, 0.3) is 5.91 Å². The molecule has 134 valence electrons. The van der Waals surface area contributed by atoms with Gasteiger partial charge in [-0.25, -0.2) is 4.79 Å². The van der Waals surface area contributed by atoms with Crippen molar-refractivity contribution in [1.29, 1.82) is 0 Å². The number of hydrogen-bond acceptors (Lipinski definition) is 4. The first-order valence-corrected chi connectivity index (χ1v) is 8.57. The molecule has 7 nitrogen and oxygen atoms in total. The van der Waals surface area contributed by atoms with E-state index in [0.717, 1.165) is 5.56 Å². The lowest BCUT2D eigenvalue weighted by molar-refractivity contribution is -0.136. The van der Waals surface area contributed by atoms with Gasteiger partial charge in [-0.05, 0) is 31.5 Å². The summed E-state index contributed by atoms with van der Waals surface area (Å²) in [5.74, 6) is -0.582. The summed E-state index contributed by atoms with van der Waals surface area (Å²) in [6, 6.07) is 6.72. The van der Waals surface area contributed by atoms with E-state index in [9.17, 15) is 14.4 Å². The SMILES string of the molecule is CC1(C)C(=O)NC(=O)N1CC(=O)N1CCNCC1c1cccc(Cl)c1. The van der Waals surface area contributed by atoms with Gasteiger partial charge in [0.1, 0.15) is 12.1 Å². The highest BCUT2D eigenvalue weighted by atomic mass is 35.5. The molecule has 4 amide bonds. The number of amides is 4. The zero-order chi connectivity index (χ0) is 18.2. The zero-order valence-electron chi connectivity index (χ0n) is 14.2. The number of imide groups is 1. The molecule has 2 aliphatic heterocycles. The van der Waals surface area contributed by atoms with Crippen LogP contribution in [0.1, 0.15) is 25.5 Å². The summed E-state index contributed by atoms with van der Waals surface area (Å²) in [6.07, 6.45) is 0. The smallest absolute Gasteiger partial charge is 0.325 e. The van der Waals surface area contributed by atoms with E-state index in [2.05, 4.69) is 10.6 Å². The van der Waals surface area contributed by atoms with Crippen LogP contribution in [0.2, 0.25) is 5.02 Å². The Morgan fingerprint density at radius 2 is 2.12 bits per heavy atom. The number of halogens is 1. The lowest BCUT2D eigenvalue weighted by atomic mass is 10.0. The largest absolute Gasteiger partial charge is 0.332 e. The van der Waals surface area contributed by atoms with Gasteiger partial charge >= 0.3 is 6.03 Å². The second kappa shape index (κ2) is 6.65. The van der Waals surface area contributed by atoms with Crippen LogP contribution in [0, 0.1) is 0 Å². The third kappa shape index (κ3) is 3.34. The van der Waals surface area contributed by atoms with E-state index in [4.69, 9.17) is 11.6 Å². The van der Waals surface area contributed by atoms with Crippen molar-refractivity contribution in [2.75, 3.05) is 26.2 Å². The van der Waals surface area contributed by atoms with Gasteiger partial charge in [0.15, 0.2) is 0 Å². The van der Waals surface area contributed by atoms with Crippen molar-refractivity contribution in [3.63, 3.8) is 0 Å². The van der Waals surface area contributed by atoms with Gasteiger partial charge in [0.05, 0.1) is 6.04 Å². The molecule has 2 heterocycles. The third-order valence-corrected chi connectivity index (χ3v) is 5.02. The van der Waals surface area contributed by atoms with Crippen molar-refractivity contribution in [3.8, 4) is 0 Å². The van der Waals surface area contributed by atoms with E-state index >= 15 is 0 Å². The molecule has 2 aliphatic rings. The van der Waals surface area contributed by atoms with Crippen LogP contribution in [0.25, 0.3) is 0 Å². The number of carbonyl (C=O) groups excluding carboxylic acids is 3. The number of rotatable bonds is 3. The lowest BCUT2D eigenvalue weighted by Gasteiger charge is -2.38. The minimum atomic E-state index is -1.04. The first-order valence-electron chi connectivity index (χ1n) is 8.19. The van der Waals surface area contributed by atoms with Crippen LogP contribution in [0.3, 0.4) is 0 Å². The second-order valence-electron chi connectivity index (χ2n) is 6.77. The molecule has 1 atom stereocenters. The molecule has 2 N–H and O–H groups in total. The van der Waals surface area contributed by atoms with Crippen molar-refractivity contribution < 1.29 is 14.4 Å². The summed E-state index contributed by atoms with van der Waals surface area (Å²) in [7, 11) is 0. The van der Waals surface area contributed by atoms with E-state index in [1.165, 1.54) is 4.90 Å². The monoisotopic (exact) mass is 364 g/mol. The average molecular weight is 365 g/mol. The Kier molecular flexibility index (Phi) is 4.71. The maximum Gasteiger partial charge on any atom is 0.325 e. The number of nitrogens with one attached hydrogen (secondary N) is 2. The molecule has 0 radical (unpaired) electrons. The fourth-order valence-electron chi connectivity index (χ4n) is 3.20. The molecular weight excluding hydrogens is 344 g/mol. The molecule has 0 saturated carbocycles. The van der Waals surface area contributed by atoms with Crippen LogP contribution in [0.5, 0.6) is 0 Å². The van der Waals surface area contributed by atoms with E-state index in [-0.39, 0.29) is 18.5 Å². The van der Waals surface area contributed by atoms with Gasteiger partial charge in [0.2, 0.25) is 5.91 Å². The summed E-state index contributed by atoms with van der Waals surface area (Å²) in [5.41, 5.74) is -0.0963. The maximum absolute atomic E-state index is 12.9. The summed E-state index contributed by atoms with van der Waals surface area (Å²) < 4.78 is 0. The van der Waals surface area contributed by atoms with Gasteiger partial charge in [-0.15, -0.1) is 0 Å². The topological polar surface area (TPSA) is 81.8 Å². The van der Waals surface area contributed by atoms with Crippen molar-refractivity contribution in [3.05, 3.63) is 34.9 Å². The Morgan fingerprint density at radius 3 is 2.76 bits per heavy atom. The van der Waals surface area contributed by atoms with Gasteiger partial charge in [-0.2, -0.15) is 0 Å². The first kappa shape index (κ1) is 17.7. The molecule has 8 heteroatoms. The second-order valence-corrected chi connectivity index (χ2v) is 7.20. The molecule has 1 unspecified atom stereocenters. The van der Waals surface area contributed by atoms with Crippen molar-refractivity contribution in [1.82, 2.24) is 20.4 Å². The van der Waals surface area contributed by atoms with Crippen LogP contribution < -0.4 is 10.6 Å². The van der Waals surface area contributed by atoms with Crippen LogP contribution in [0.15, 0.2) is 24.3 Å². The highest BCUT2D eigenvalue weighted by Gasteiger charge is 2.47. The average Bonchev–Trinajstić information content (AvgIpc) is 2.77. The number of nitrogens with zero attached hydrogens (tertiary/aromatic N) is 2. The standard InChI is InChI=1S/C17H21ClN4O3/c1-17(2)15(24)20-16(25)22(17)10-14(23)21-7-6-19-9-13(21)11-4-3-5-12(18)8-11/h3-5,8,13,19H,6-7,9-10H2,1-2H3,(H,20,24,25). The fourth-order valence-corrected chi connectivity index (χ4v) is 3.40. The quantitative estimate of drug-likeness (QED) is 0.788. The lowest BCUT2D eigenvalue weighted by Crippen LogP contribution is -2.54. The highest BCUT2D eigenvalue weighted by molar-refractivity contribution is 6.30. The normalized spacial score (nSPS) is 22.9. The summed E-state index contributed by atoms with van der Waals surface area (Å²) in [4.78, 5) is 39.8. The van der Waals surface area contributed by atoms with Gasteiger partial charge in [-0.1, -0.05) is 23.7 Å². The number of urea groups is 1. The third-order valence-electron chi connectivity index (χ3n) is 4.79. The maximum atomic E-state index is 12.9. The Hall–Kier alpha value is -2.12. The van der Waals surface area contributed by atoms with Gasteiger partial charge < -0.3 is 15.1 Å². The molecule has 2 fully saturated rings. The molecule has 0 aliphatic carbocycles. The fraction of sp³-hybridized carbons (Fsp3) is 0.471. The Bertz CT molecular complexity index is 722. The van der Waals surface area contributed by atoms with E-state index in [1.807, 2.05) is 18.2 Å². The Labute approximate surface area is 151 Å². The number of hydrogen-bond donors (Lipinski definition) is 2. The van der Waals surface area contributed by atoms with Crippen molar-refractivity contribution >= 4 is 29.4 Å². The van der Waals surface area contributed by atoms with Crippen molar-refractivity contribution in [2.45, 2.75) is 25.4 Å². The first-order chi connectivity index (χ1) is 11.8. The molecule has 25 heavy (non-hydrogen) atoms. The van der Waals surface area contributed by atoms with E-state index < -0.39 is 17.5 Å². The molecule has 0 bridgehead atoms. The zero-order valence-corrected chi connectivity index (χ0v) is 15.0. The molecule has 1 aromatic carbocycles. The van der Waals surface area contributed by atoms with Gasteiger partial charge in [-0.3, -0.25) is 14.9 Å². The van der Waals surface area contributed by atoms with Crippen LogP contribution in [-0.2, 0) is 9.59 Å². The van der Waals surface area contributed by atoms with Crippen LogP contribution in [0.4, 0.5) is 4.79 Å². The van der Waals surface area contributed by atoms with E-state index in [1.54, 1.807) is 24.8 Å². The summed E-state index contributed by atoms with van der Waals surface area (Å²) in [5, 5.41) is 6.15. The predicted molar refractivity (Wildman–Crippen MR) is 93.1 cm³/mol. The number of carbonyl (C=O) groups is 3. The summed E-state index contributed by atoms with van der Waals surface area (Å²) >= 11 is 6.08. The molecular formula is C17H21ClN4O3. The summed E-state index contributed by atoms with van der Waals surface area (Å²) in [6.45, 7) is 4.94.